The normalized spacial score (nSPS) is 15.0. The van der Waals surface area contributed by atoms with E-state index in [9.17, 15) is 4.79 Å². The molecular weight excluding hydrogens is 356 g/mol. The number of carbonyl (C=O) groups is 1. The molecule has 1 aliphatic heterocycles. The van der Waals surface area contributed by atoms with Gasteiger partial charge in [-0.05, 0) is 30.7 Å². The second-order valence-electron chi connectivity index (χ2n) is 6.24. The van der Waals surface area contributed by atoms with Gasteiger partial charge in [-0.2, -0.15) is 5.10 Å². The summed E-state index contributed by atoms with van der Waals surface area (Å²) < 4.78 is 1.98. The second kappa shape index (κ2) is 6.78. The molecule has 0 aliphatic carbocycles. The minimum atomic E-state index is 0.125. The molecule has 1 saturated heterocycles. The van der Waals surface area contributed by atoms with E-state index in [0.717, 1.165) is 57.6 Å². The number of nitrogens with one attached hydrogen (secondary N) is 1. The third-order valence-corrected chi connectivity index (χ3v) is 5.86. The van der Waals surface area contributed by atoms with Gasteiger partial charge < -0.3 is 10.2 Å². The average Bonchev–Trinajstić information content (AvgIpc) is 3.19. The SMILES string of the molecule is Cc1nn(Cc2ccc(Cl)cc2)c2sc(C(=O)N3CCNCC3)cc12. The second-order valence-corrected chi connectivity index (χ2v) is 7.71. The Kier molecular flexibility index (Phi) is 4.50. The van der Waals surface area contributed by atoms with Gasteiger partial charge in [-0.15, -0.1) is 11.3 Å². The third kappa shape index (κ3) is 3.29. The Morgan fingerprint density at radius 1 is 1.28 bits per heavy atom. The van der Waals surface area contributed by atoms with Crippen LogP contribution in [0.1, 0.15) is 20.9 Å². The lowest BCUT2D eigenvalue weighted by Gasteiger charge is -2.26. The van der Waals surface area contributed by atoms with Gasteiger partial charge in [0.2, 0.25) is 0 Å². The predicted octanol–water partition coefficient (Wildman–Crippen LogP) is 3.15. The summed E-state index contributed by atoms with van der Waals surface area (Å²) in [5.74, 6) is 0.125. The summed E-state index contributed by atoms with van der Waals surface area (Å²) >= 11 is 7.49. The summed E-state index contributed by atoms with van der Waals surface area (Å²) in [5, 5.41) is 9.71. The zero-order valence-electron chi connectivity index (χ0n) is 14.0. The van der Waals surface area contributed by atoms with Crippen LogP contribution in [-0.4, -0.2) is 46.8 Å². The number of hydrogen-bond donors (Lipinski definition) is 1. The topological polar surface area (TPSA) is 50.2 Å². The summed E-state index contributed by atoms with van der Waals surface area (Å²) in [4.78, 5) is 16.5. The number of halogens is 1. The van der Waals surface area contributed by atoms with Crippen LogP contribution < -0.4 is 5.32 Å². The summed E-state index contributed by atoms with van der Waals surface area (Å²) in [6, 6.07) is 9.78. The van der Waals surface area contributed by atoms with Gasteiger partial charge >= 0.3 is 0 Å². The number of piperazine rings is 1. The molecule has 0 spiro atoms. The number of aryl methyl sites for hydroxylation is 1. The molecule has 0 atom stereocenters. The van der Waals surface area contributed by atoms with Gasteiger partial charge in [-0.3, -0.25) is 9.48 Å². The van der Waals surface area contributed by atoms with Gasteiger partial charge in [0, 0.05) is 36.6 Å². The minimum absolute atomic E-state index is 0.125. The molecule has 0 radical (unpaired) electrons. The van der Waals surface area contributed by atoms with Crippen LogP contribution in [0, 0.1) is 6.92 Å². The van der Waals surface area contributed by atoms with E-state index in [4.69, 9.17) is 11.6 Å². The number of aromatic nitrogens is 2. The zero-order chi connectivity index (χ0) is 17.4. The first kappa shape index (κ1) is 16.6. The number of benzene rings is 1. The smallest absolute Gasteiger partial charge is 0.264 e. The fourth-order valence-corrected chi connectivity index (χ4v) is 4.37. The van der Waals surface area contributed by atoms with Crippen LogP contribution in [0.25, 0.3) is 10.2 Å². The van der Waals surface area contributed by atoms with Crippen molar-refractivity contribution in [2.75, 3.05) is 26.2 Å². The minimum Gasteiger partial charge on any atom is -0.335 e. The first-order valence-electron chi connectivity index (χ1n) is 8.33. The molecule has 1 aliphatic rings. The molecule has 0 unspecified atom stereocenters. The Morgan fingerprint density at radius 3 is 2.72 bits per heavy atom. The maximum Gasteiger partial charge on any atom is 0.264 e. The van der Waals surface area contributed by atoms with Crippen LogP contribution in [0.2, 0.25) is 5.02 Å². The van der Waals surface area contributed by atoms with E-state index in [-0.39, 0.29) is 5.91 Å². The molecule has 1 amide bonds. The lowest BCUT2D eigenvalue weighted by atomic mass is 10.2. The van der Waals surface area contributed by atoms with Crippen molar-refractivity contribution in [3.8, 4) is 0 Å². The first-order valence-corrected chi connectivity index (χ1v) is 9.52. The maximum atomic E-state index is 12.7. The Bertz CT molecular complexity index is 909. The number of fused-ring (bicyclic) bond motifs is 1. The molecule has 1 aromatic carbocycles. The van der Waals surface area contributed by atoms with Crippen LogP contribution in [-0.2, 0) is 6.54 Å². The summed E-state index contributed by atoms with van der Waals surface area (Å²) in [6.07, 6.45) is 0. The van der Waals surface area contributed by atoms with Crippen LogP contribution in [0.3, 0.4) is 0 Å². The average molecular weight is 375 g/mol. The number of amides is 1. The first-order chi connectivity index (χ1) is 12.1. The largest absolute Gasteiger partial charge is 0.335 e. The Balaban J connectivity index is 1.64. The van der Waals surface area contributed by atoms with E-state index >= 15 is 0 Å². The van der Waals surface area contributed by atoms with Crippen molar-refractivity contribution in [2.24, 2.45) is 0 Å². The molecule has 2 aromatic heterocycles. The van der Waals surface area contributed by atoms with Gasteiger partial charge in [0.25, 0.3) is 5.91 Å². The molecule has 0 bridgehead atoms. The Morgan fingerprint density at radius 2 is 2.00 bits per heavy atom. The molecule has 5 nitrogen and oxygen atoms in total. The van der Waals surface area contributed by atoms with Crippen molar-refractivity contribution < 1.29 is 4.79 Å². The molecule has 25 heavy (non-hydrogen) atoms. The number of thiophene rings is 1. The summed E-state index contributed by atoms with van der Waals surface area (Å²) in [7, 11) is 0. The number of hydrogen-bond acceptors (Lipinski definition) is 4. The van der Waals surface area contributed by atoms with Crippen LogP contribution >= 0.6 is 22.9 Å². The molecule has 130 valence electrons. The van der Waals surface area contributed by atoms with E-state index in [0.29, 0.717) is 6.54 Å². The highest BCUT2D eigenvalue weighted by atomic mass is 35.5. The van der Waals surface area contributed by atoms with Crippen LogP contribution in [0.5, 0.6) is 0 Å². The van der Waals surface area contributed by atoms with E-state index in [1.807, 2.05) is 46.8 Å². The number of carbonyl (C=O) groups excluding carboxylic acids is 1. The van der Waals surface area contributed by atoms with Crippen molar-refractivity contribution in [1.29, 1.82) is 0 Å². The lowest BCUT2D eigenvalue weighted by molar-refractivity contribution is 0.0741. The molecule has 1 N–H and O–H groups in total. The monoisotopic (exact) mass is 374 g/mol. The highest BCUT2D eigenvalue weighted by Gasteiger charge is 2.22. The van der Waals surface area contributed by atoms with E-state index in [2.05, 4.69) is 10.4 Å². The Labute approximate surface area is 155 Å². The molecular formula is C18H19ClN4OS. The lowest BCUT2D eigenvalue weighted by Crippen LogP contribution is -2.46. The maximum absolute atomic E-state index is 12.7. The van der Waals surface area contributed by atoms with Crippen molar-refractivity contribution in [3.63, 3.8) is 0 Å². The summed E-state index contributed by atoms with van der Waals surface area (Å²) in [6.45, 7) is 5.92. The van der Waals surface area contributed by atoms with Crippen molar-refractivity contribution in [3.05, 3.63) is 51.5 Å². The van der Waals surface area contributed by atoms with E-state index < -0.39 is 0 Å². The van der Waals surface area contributed by atoms with Gasteiger partial charge in [0.05, 0.1) is 17.1 Å². The zero-order valence-corrected chi connectivity index (χ0v) is 15.5. The quantitative estimate of drug-likeness (QED) is 0.766. The summed E-state index contributed by atoms with van der Waals surface area (Å²) in [5.41, 5.74) is 2.09. The van der Waals surface area contributed by atoms with Crippen molar-refractivity contribution in [1.82, 2.24) is 20.0 Å². The van der Waals surface area contributed by atoms with Gasteiger partial charge in [0.1, 0.15) is 4.83 Å². The molecule has 3 aromatic rings. The molecule has 4 rings (SSSR count). The molecule has 1 fully saturated rings. The fraction of sp³-hybridized carbons (Fsp3) is 0.333. The van der Waals surface area contributed by atoms with E-state index in [1.54, 1.807) is 0 Å². The van der Waals surface area contributed by atoms with E-state index in [1.165, 1.54) is 11.3 Å². The molecule has 3 heterocycles. The highest BCUT2D eigenvalue weighted by molar-refractivity contribution is 7.20. The molecule has 0 saturated carbocycles. The number of rotatable bonds is 3. The fourth-order valence-electron chi connectivity index (χ4n) is 3.11. The highest BCUT2D eigenvalue weighted by Crippen LogP contribution is 2.30. The van der Waals surface area contributed by atoms with Crippen molar-refractivity contribution in [2.45, 2.75) is 13.5 Å². The van der Waals surface area contributed by atoms with Gasteiger partial charge in [0.15, 0.2) is 0 Å². The van der Waals surface area contributed by atoms with Gasteiger partial charge in [-0.25, -0.2) is 0 Å². The standard InChI is InChI=1S/C18H19ClN4OS/c1-12-15-10-16(17(24)22-8-6-20-7-9-22)25-18(15)23(21-12)11-13-2-4-14(19)5-3-13/h2-5,10,20H,6-9,11H2,1H3. The molecule has 7 heteroatoms. The Hall–Kier alpha value is -1.89. The predicted molar refractivity (Wildman–Crippen MR) is 102 cm³/mol. The number of nitrogens with zero attached hydrogens (tertiary/aromatic N) is 3. The van der Waals surface area contributed by atoms with Crippen molar-refractivity contribution >= 4 is 39.1 Å². The van der Waals surface area contributed by atoms with Crippen LogP contribution in [0.15, 0.2) is 30.3 Å². The van der Waals surface area contributed by atoms with Gasteiger partial charge in [-0.1, -0.05) is 23.7 Å². The van der Waals surface area contributed by atoms with Crippen LogP contribution in [0.4, 0.5) is 0 Å². The third-order valence-electron chi connectivity index (χ3n) is 4.47.